The maximum Gasteiger partial charge on any atom is 0.0619 e. The van der Waals surface area contributed by atoms with Crippen LogP contribution in [0.3, 0.4) is 0 Å². The van der Waals surface area contributed by atoms with Gasteiger partial charge in [0.1, 0.15) is 0 Å². The Hall–Kier alpha value is -1.13. The Balaban J connectivity index is 2.01. The second kappa shape index (κ2) is 4.59. The van der Waals surface area contributed by atoms with Gasteiger partial charge in [-0.25, -0.2) is 0 Å². The first-order valence-corrected chi connectivity index (χ1v) is 5.28. The van der Waals surface area contributed by atoms with Gasteiger partial charge in [0.25, 0.3) is 0 Å². The van der Waals surface area contributed by atoms with Crippen LogP contribution in [0.5, 0.6) is 0 Å². The van der Waals surface area contributed by atoms with Crippen LogP contribution in [0.4, 0.5) is 5.69 Å². The number of rotatable bonds is 2. The predicted molar refractivity (Wildman–Crippen MR) is 59.3 cm³/mol. The molecule has 2 N–H and O–H groups in total. The van der Waals surface area contributed by atoms with Gasteiger partial charge in [0.2, 0.25) is 0 Å². The summed E-state index contributed by atoms with van der Waals surface area (Å²) < 4.78 is 5.39. The van der Waals surface area contributed by atoms with Crippen molar-refractivity contribution in [3.8, 4) is 0 Å². The zero-order valence-corrected chi connectivity index (χ0v) is 9.02. The molecule has 4 heteroatoms. The molecule has 1 aliphatic rings. The molecule has 0 saturated carbocycles. The van der Waals surface area contributed by atoms with Gasteiger partial charge in [-0.2, -0.15) is 0 Å². The van der Waals surface area contributed by atoms with Crippen LogP contribution in [0, 0.1) is 0 Å². The van der Waals surface area contributed by atoms with E-state index in [1.54, 1.807) is 6.20 Å². The van der Waals surface area contributed by atoms with Crippen molar-refractivity contribution in [2.75, 3.05) is 25.5 Å². The summed E-state index contributed by atoms with van der Waals surface area (Å²) in [5.74, 6) is 0. The lowest BCUT2D eigenvalue weighted by atomic mass is 10.2. The summed E-state index contributed by atoms with van der Waals surface area (Å²) in [6.07, 6.45) is 1.76. The molecule has 4 nitrogen and oxygen atoms in total. The molecule has 0 spiro atoms. The van der Waals surface area contributed by atoms with Gasteiger partial charge in [0.05, 0.1) is 18.9 Å². The Labute approximate surface area is 90.0 Å². The molecule has 2 rings (SSSR count). The average Bonchev–Trinajstić information content (AvgIpc) is 2.22. The molecule has 1 unspecified atom stereocenters. The number of pyridine rings is 1. The van der Waals surface area contributed by atoms with Crippen LogP contribution in [-0.4, -0.2) is 35.7 Å². The van der Waals surface area contributed by atoms with Crippen molar-refractivity contribution in [1.82, 2.24) is 9.88 Å². The lowest BCUT2D eigenvalue weighted by Crippen LogP contribution is -2.43. The fourth-order valence-corrected chi connectivity index (χ4v) is 1.79. The van der Waals surface area contributed by atoms with Gasteiger partial charge in [-0.1, -0.05) is 0 Å². The Morgan fingerprint density at radius 3 is 3.27 bits per heavy atom. The third-order valence-electron chi connectivity index (χ3n) is 2.71. The van der Waals surface area contributed by atoms with E-state index < -0.39 is 0 Å². The average molecular weight is 207 g/mol. The van der Waals surface area contributed by atoms with Gasteiger partial charge in [-0.3, -0.25) is 9.88 Å². The van der Waals surface area contributed by atoms with Crippen LogP contribution in [-0.2, 0) is 11.3 Å². The summed E-state index contributed by atoms with van der Waals surface area (Å²) in [4.78, 5) is 6.67. The predicted octanol–water partition coefficient (Wildman–Crippen LogP) is 0.884. The maximum atomic E-state index is 5.72. The Bertz CT molecular complexity index is 329. The van der Waals surface area contributed by atoms with E-state index in [2.05, 4.69) is 16.8 Å². The zero-order valence-electron chi connectivity index (χ0n) is 9.02. The summed E-state index contributed by atoms with van der Waals surface area (Å²) in [7, 11) is 0. The van der Waals surface area contributed by atoms with E-state index in [1.165, 1.54) is 0 Å². The molecular formula is C11H17N3O. The minimum absolute atomic E-state index is 0.460. The van der Waals surface area contributed by atoms with Crippen molar-refractivity contribution >= 4 is 5.69 Å². The smallest absolute Gasteiger partial charge is 0.0619 e. The molecule has 1 aliphatic heterocycles. The minimum atomic E-state index is 0.460. The number of hydrogen-bond donors (Lipinski definition) is 1. The van der Waals surface area contributed by atoms with Gasteiger partial charge < -0.3 is 10.5 Å². The first kappa shape index (κ1) is 10.4. The number of aromatic nitrogens is 1. The van der Waals surface area contributed by atoms with Crippen molar-refractivity contribution in [3.05, 3.63) is 24.0 Å². The fourth-order valence-electron chi connectivity index (χ4n) is 1.79. The van der Waals surface area contributed by atoms with Gasteiger partial charge in [0, 0.05) is 31.0 Å². The van der Waals surface area contributed by atoms with Crippen LogP contribution < -0.4 is 5.73 Å². The second-order valence-electron chi connectivity index (χ2n) is 3.97. The van der Waals surface area contributed by atoms with Crippen molar-refractivity contribution in [2.45, 2.75) is 19.5 Å². The Kier molecular flexibility index (Phi) is 3.18. The molecule has 15 heavy (non-hydrogen) atoms. The van der Waals surface area contributed by atoms with E-state index in [0.717, 1.165) is 37.7 Å². The van der Waals surface area contributed by atoms with E-state index in [4.69, 9.17) is 10.5 Å². The molecule has 82 valence electrons. The molecule has 1 aromatic rings. The fraction of sp³-hybridized carbons (Fsp3) is 0.545. The number of nitrogen functional groups attached to an aromatic ring is 1. The molecular weight excluding hydrogens is 190 g/mol. The summed E-state index contributed by atoms with van der Waals surface area (Å²) in [6, 6.07) is 4.20. The summed E-state index contributed by atoms with van der Waals surface area (Å²) in [5.41, 5.74) is 7.53. The molecule has 0 bridgehead atoms. The highest BCUT2D eigenvalue weighted by molar-refractivity contribution is 5.37. The van der Waals surface area contributed by atoms with E-state index >= 15 is 0 Å². The minimum Gasteiger partial charge on any atom is -0.399 e. The first-order valence-electron chi connectivity index (χ1n) is 5.28. The van der Waals surface area contributed by atoms with Crippen molar-refractivity contribution in [1.29, 1.82) is 0 Å². The van der Waals surface area contributed by atoms with Crippen molar-refractivity contribution in [2.24, 2.45) is 0 Å². The van der Waals surface area contributed by atoms with Crippen LogP contribution >= 0.6 is 0 Å². The van der Waals surface area contributed by atoms with E-state index in [0.29, 0.717) is 6.04 Å². The second-order valence-corrected chi connectivity index (χ2v) is 3.97. The van der Waals surface area contributed by atoms with Gasteiger partial charge in [0.15, 0.2) is 0 Å². The monoisotopic (exact) mass is 207 g/mol. The highest BCUT2D eigenvalue weighted by Crippen LogP contribution is 2.11. The standard InChI is InChI=1S/C11H17N3O/c1-9-8-15-5-4-14(9)7-11-6-10(12)2-3-13-11/h2-3,6,9H,4-5,7-8H2,1H3,(H2,12,13). The van der Waals surface area contributed by atoms with E-state index in [9.17, 15) is 0 Å². The third kappa shape index (κ3) is 2.67. The highest BCUT2D eigenvalue weighted by atomic mass is 16.5. The molecule has 2 heterocycles. The van der Waals surface area contributed by atoms with Crippen LogP contribution in [0.25, 0.3) is 0 Å². The Morgan fingerprint density at radius 1 is 1.67 bits per heavy atom. The number of nitrogens with zero attached hydrogens (tertiary/aromatic N) is 2. The van der Waals surface area contributed by atoms with Crippen molar-refractivity contribution < 1.29 is 4.74 Å². The lowest BCUT2D eigenvalue weighted by Gasteiger charge is -2.32. The molecule has 1 fully saturated rings. The largest absolute Gasteiger partial charge is 0.399 e. The molecule has 0 radical (unpaired) electrons. The van der Waals surface area contributed by atoms with Crippen LogP contribution in [0.2, 0.25) is 0 Å². The number of hydrogen-bond acceptors (Lipinski definition) is 4. The number of anilines is 1. The zero-order chi connectivity index (χ0) is 10.7. The third-order valence-corrected chi connectivity index (χ3v) is 2.71. The Morgan fingerprint density at radius 2 is 2.53 bits per heavy atom. The highest BCUT2D eigenvalue weighted by Gasteiger charge is 2.18. The number of morpholine rings is 1. The molecule has 0 amide bonds. The quantitative estimate of drug-likeness (QED) is 0.782. The molecule has 1 saturated heterocycles. The van der Waals surface area contributed by atoms with E-state index in [-0.39, 0.29) is 0 Å². The lowest BCUT2D eigenvalue weighted by molar-refractivity contribution is -0.00489. The molecule has 1 atom stereocenters. The summed E-state index contributed by atoms with van der Waals surface area (Å²) in [5, 5.41) is 0. The summed E-state index contributed by atoms with van der Waals surface area (Å²) in [6.45, 7) is 5.62. The van der Waals surface area contributed by atoms with E-state index in [1.807, 2.05) is 12.1 Å². The summed E-state index contributed by atoms with van der Waals surface area (Å²) >= 11 is 0. The normalized spacial score (nSPS) is 22.9. The maximum absolute atomic E-state index is 5.72. The molecule has 1 aromatic heterocycles. The van der Waals surface area contributed by atoms with Crippen molar-refractivity contribution in [3.63, 3.8) is 0 Å². The topological polar surface area (TPSA) is 51.4 Å². The SMILES string of the molecule is CC1COCCN1Cc1cc(N)ccn1. The van der Waals surface area contributed by atoms with Gasteiger partial charge >= 0.3 is 0 Å². The number of nitrogens with two attached hydrogens (primary N) is 1. The van der Waals surface area contributed by atoms with Gasteiger partial charge in [-0.05, 0) is 19.1 Å². The van der Waals surface area contributed by atoms with Gasteiger partial charge in [-0.15, -0.1) is 0 Å². The first-order chi connectivity index (χ1) is 7.25. The molecule has 0 aromatic carbocycles. The van der Waals surface area contributed by atoms with Crippen LogP contribution in [0.15, 0.2) is 18.3 Å². The van der Waals surface area contributed by atoms with Crippen LogP contribution in [0.1, 0.15) is 12.6 Å². The molecule has 0 aliphatic carbocycles. The number of ether oxygens (including phenoxy) is 1.